The van der Waals surface area contributed by atoms with Crippen LogP contribution < -0.4 is 16.6 Å². The number of rotatable bonds is 7. The van der Waals surface area contributed by atoms with Crippen molar-refractivity contribution in [2.45, 2.75) is 58.0 Å². The lowest BCUT2D eigenvalue weighted by Crippen LogP contribution is -2.39. The molecule has 1 aliphatic carbocycles. The van der Waals surface area contributed by atoms with Crippen LogP contribution >= 0.6 is 0 Å². The van der Waals surface area contributed by atoms with E-state index in [2.05, 4.69) is 10.3 Å². The highest BCUT2D eigenvalue weighted by Crippen LogP contribution is 2.28. The second-order valence-electron chi connectivity index (χ2n) is 9.15. The normalized spacial score (nSPS) is 15.9. The van der Waals surface area contributed by atoms with E-state index in [4.69, 9.17) is 0 Å². The molecule has 3 aromatic rings. The summed E-state index contributed by atoms with van der Waals surface area (Å²) in [7, 11) is 3.41. The molecule has 0 saturated heterocycles. The summed E-state index contributed by atoms with van der Waals surface area (Å²) in [6.45, 7) is 2.20. The number of nitrogens with zero attached hydrogens (tertiary/aromatic N) is 4. The van der Waals surface area contributed by atoms with E-state index in [-0.39, 0.29) is 24.8 Å². The highest BCUT2D eigenvalue weighted by atomic mass is 16.3. The predicted octanol–water partition coefficient (Wildman–Crippen LogP) is 2.53. The Balaban J connectivity index is 1.67. The number of aryl methyl sites for hydroxylation is 3. The molecule has 32 heavy (non-hydrogen) atoms. The number of nitrogens with one attached hydrogen (secondary N) is 1. The van der Waals surface area contributed by atoms with Gasteiger partial charge in [-0.3, -0.25) is 13.9 Å². The van der Waals surface area contributed by atoms with E-state index in [9.17, 15) is 14.7 Å². The minimum atomic E-state index is -0.395. The van der Waals surface area contributed by atoms with Crippen molar-refractivity contribution in [3.8, 4) is 0 Å². The van der Waals surface area contributed by atoms with Gasteiger partial charge in [-0.15, -0.1) is 0 Å². The summed E-state index contributed by atoms with van der Waals surface area (Å²) in [5.41, 5.74) is 1.98. The second-order valence-corrected chi connectivity index (χ2v) is 9.15. The maximum Gasteiger partial charge on any atom is 0.332 e. The number of aromatic nitrogens is 4. The largest absolute Gasteiger partial charge is 0.394 e. The van der Waals surface area contributed by atoms with E-state index in [0.717, 1.165) is 17.5 Å². The van der Waals surface area contributed by atoms with Crippen molar-refractivity contribution in [1.29, 1.82) is 0 Å². The van der Waals surface area contributed by atoms with Crippen molar-refractivity contribution in [3.63, 3.8) is 0 Å². The van der Waals surface area contributed by atoms with Gasteiger partial charge in [0.25, 0.3) is 5.56 Å². The smallest absolute Gasteiger partial charge is 0.332 e. The van der Waals surface area contributed by atoms with Gasteiger partial charge in [-0.05, 0) is 24.8 Å². The maximum atomic E-state index is 13.3. The van der Waals surface area contributed by atoms with Crippen LogP contribution in [0.4, 0.5) is 5.95 Å². The Labute approximate surface area is 187 Å². The van der Waals surface area contributed by atoms with Crippen LogP contribution in [0.1, 0.15) is 49.7 Å². The van der Waals surface area contributed by atoms with Crippen molar-refractivity contribution >= 4 is 17.1 Å². The van der Waals surface area contributed by atoms with Crippen LogP contribution in [0.5, 0.6) is 0 Å². The third kappa shape index (κ3) is 4.37. The third-order valence-electron chi connectivity index (χ3n) is 6.72. The molecular formula is C24H33N5O3. The minimum Gasteiger partial charge on any atom is -0.394 e. The molecule has 0 amide bonds. The van der Waals surface area contributed by atoms with Crippen LogP contribution in [0.3, 0.4) is 0 Å². The van der Waals surface area contributed by atoms with Crippen LogP contribution in [0.2, 0.25) is 0 Å². The quantitative estimate of drug-likeness (QED) is 0.590. The lowest BCUT2D eigenvalue weighted by molar-refractivity contribution is 0.236. The van der Waals surface area contributed by atoms with Gasteiger partial charge < -0.3 is 15.0 Å². The van der Waals surface area contributed by atoms with Gasteiger partial charge in [0.05, 0.1) is 19.2 Å². The Kier molecular flexibility index (Phi) is 6.50. The summed E-state index contributed by atoms with van der Waals surface area (Å²) in [6, 6.07) is 7.66. The van der Waals surface area contributed by atoms with E-state index >= 15 is 0 Å². The van der Waals surface area contributed by atoms with Crippen molar-refractivity contribution in [2.75, 3.05) is 11.9 Å². The minimum absolute atomic E-state index is 0.00368. The van der Waals surface area contributed by atoms with Gasteiger partial charge in [0, 0.05) is 14.1 Å². The molecule has 172 valence electrons. The topological polar surface area (TPSA) is 94.1 Å². The molecule has 0 unspecified atom stereocenters. The molecule has 1 aromatic carbocycles. The first-order valence-corrected chi connectivity index (χ1v) is 11.5. The number of anilines is 1. The lowest BCUT2D eigenvalue weighted by atomic mass is 9.85. The summed E-state index contributed by atoms with van der Waals surface area (Å²) >= 11 is 0. The van der Waals surface area contributed by atoms with Crippen LogP contribution in [-0.2, 0) is 20.6 Å². The zero-order valence-corrected chi connectivity index (χ0v) is 19.2. The fourth-order valence-corrected chi connectivity index (χ4v) is 4.77. The Morgan fingerprint density at radius 2 is 1.78 bits per heavy atom. The van der Waals surface area contributed by atoms with Gasteiger partial charge in [-0.2, -0.15) is 4.98 Å². The Bertz CT molecular complexity index is 1200. The van der Waals surface area contributed by atoms with Crippen molar-refractivity contribution in [2.24, 2.45) is 20.0 Å². The molecule has 1 fully saturated rings. The molecule has 2 heterocycles. The first-order valence-electron chi connectivity index (χ1n) is 11.5. The third-order valence-corrected chi connectivity index (χ3v) is 6.72. The molecule has 2 aromatic heterocycles. The van der Waals surface area contributed by atoms with Gasteiger partial charge >= 0.3 is 5.69 Å². The predicted molar refractivity (Wildman–Crippen MR) is 126 cm³/mol. The summed E-state index contributed by atoms with van der Waals surface area (Å²) in [6.07, 6.45) is 7.05. The first kappa shape index (κ1) is 22.3. The van der Waals surface area contributed by atoms with Gasteiger partial charge in [-0.1, -0.05) is 61.9 Å². The highest BCUT2D eigenvalue weighted by Gasteiger charge is 2.23. The number of benzene rings is 1. The molecular weight excluding hydrogens is 406 g/mol. The zero-order valence-electron chi connectivity index (χ0n) is 19.2. The van der Waals surface area contributed by atoms with Crippen molar-refractivity contribution in [1.82, 2.24) is 18.7 Å². The number of hydrogen-bond acceptors (Lipinski definition) is 5. The summed E-state index contributed by atoms with van der Waals surface area (Å²) < 4.78 is 4.38. The van der Waals surface area contributed by atoms with E-state index in [1.165, 1.54) is 41.2 Å². The van der Waals surface area contributed by atoms with E-state index < -0.39 is 5.69 Å². The molecule has 8 nitrogen and oxygen atoms in total. The number of hydrogen-bond donors (Lipinski definition) is 2. The number of fused-ring (bicyclic) bond motifs is 1. The SMILES string of the molecule is Cc1ccc(Cn2c(=O)c3c(nc(N[C@H](CO)CC4CCCCC4)n3C)n(C)c2=O)cc1. The lowest BCUT2D eigenvalue weighted by Gasteiger charge is -2.26. The van der Waals surface area contributed by atoms with E-state index in [0.29, 0.717) is 23.0 Å². The molecule has 0 radical (unpaired) electrons. The average molecular weight is 440 g/mol. The molecule has 1 aliphatic rings. The van der Waals surface area contributed by atoms with Crippen LogP contribution in [0.25, 0.3) is 11.2 Å². The molecule has 1 saturated carbocycles. The number of aliphatic hydroxyl groups is 1. The van der Waals surface area contributed by atoms with Gasteiger partial charge in [0.1, 0.15) is 0 Å². The highest BCUT2D eigenvalue weighted by molar-refractivity contribution is 5.74. The van der Waals surface area contributed by atoms with Crippen molar-refractivity contribution in [3.05, 3.63) is 56.2 Å². The Morgan fingerprint density at radius 3 is 2.44 bits per heavy atom. The monoisotopic (exact) mass is 439 g/mol. The van der Waals surface area contributed by atoms with Crippen LogP contribution in [0.15, 0.2) is 33.9 Å². The summed E-state index contributed by atoms with van der Waals surface area (Å²) in [4.78, 5) is 30.8. The molecule has 8 heteroatoms. The fourth-order valence-electron chi connectivity index (χ4n) is 4.77. The molecule has 4 rings (SSSR count). The second kappa shape index (κ2) is 9.32. The zero-order chi connectivity index (χ0) is 22.8. The van der Waals surface area contributed by atoms with Gasteiger partial charge in [0.15, 0.2) is 11.2 Å². The molecule has 0 spiro atoms. The van der Waals surface area contributed by atoms with Gasteiger partial charge in [0.2, 0.25) is 5.95 Å². The summed E-state index contributed by atoms with van der Waals surface area (Å²) in [5, 5.41) is 13.3. The fraction of sp³-hybridized carbons (Fsp3) is 0.542. The van der Waals surface area contributed by atoms with E-state index in [1.54, 1.807) is 18.7 Å². The molecule has 2 N–H and O–H groups in total. The summed E-state index contributed by atoms with van der Waals surface area (Å²) in [5.74, 6) is 1.09. The average Bonchev–Trinajstić information content (AvgIpc) is 3.13. The maximum absolute atomic E-state index is 13.3. The number of aliphatic hydroxyl groups excluding tert-OH is 1. The first-order chi connectivity index (χ1) is 15.4. The molecule has 1 atom stereocenters. The van der Waals surface area contributed by atoms with Crippen molar-refractivity contribution < 1.29 is 5.11 Å². The molecule has 0 aliphatic heterocycles. The Morgan fingerprint density at radius 1 is 1.09 bits per heavy atom. The number of imidazole rings is 1. The Hall–Kier alpha value is -2.87. The van der Waals surface area contributed by atoms with Gasteiger partial charge in [-0.25, -0.2) is 4.79 Å². The van der Waals surface area contributed by atoms with Crippen LogP contribution in [0, 0.1) is 12.8 Å². The molecule has 0 bridgehead atoms. The van der Waals surface area contributed by atoms with E-state index in [1.807, 2.05) is 31.2 Å². The standard InChI is InChI=1S/C24H33N5O3/c1-16-9-11-18(12-10-16)14-29-22(31)20-21(28(3)24(29)32)26-23(27(20)2)25-19(15-30)13-17-7-5-4-6-8-17/h9-12,17,19,30H,4-8,13-15H2,1-3H3,(H,25,26)/t19-/m0/s1. The van der Waals surface area contributed by atoms with Crippen LogP contribution in [-0.4, -0.2) is 36.4 Å².